The molecule has 2 fully saturated rings. The summed E-state index contributed by atoms with van der Waals surface area (Å²) in [5, 5.41) is 92.3. The molecule has 3 aromatic rings. The van der Waals surface area contributed by atoms with E-state index in [0.717, 1.165) is 6.07 Å². The Hall–Kier alpha value is -3.51. The van der Waals surface area contributed by atoms with E-state index in [4.69, 9.17) is 28.1 Å². The molecule has 9 atom stereocenters. The van der Waals surface area contributed by atoms with E-state index in [0.29, 0.717) is 0 Å². The number of fused-ring (bicyclic) bond motifs is 1. The quantitative estimate of drug-likeness (QED) is 0.151. The van der Waals surface area contributed by atoms with Gasteiger partial charge in [0.1, 0.15) is 53.5 Å². The average Bonchev–Trinajstić information content (AvgIpc) is 2.96. The van der Waals surface area contributed by atoms with Crippen LogP contribution in [0.4, 0.5) is 0 Å². The molecule has 0 aliphatic carbocycles. The van der Waals surface area contributed by atoms with Crippen molar-refractivity contribution in [2.24, 2.45) is 0 Å². The first kappa shape index (κ1) is 30.0. The second-order valence-corrected chi connectivity index (χ2v) is 9.88. The van der Waals surface area contributed by atoms with Crippen LogP contribution in [0.15, 0.2) is 40.8 Å². The van der Waals surface area contributed by atoms with Crippen LogP contribution < -0.4 is 9.47 Å². The fourth-order valence-corrected chi connectivity index (χ4v) is 4.78. The van der Waals surface area contributed by atoms with Crippen molar-refractivity contribution in [3.8, 4) is 40.1 Å². The fourth-order valence-electron chi connectivity index (χ4n) is 4.78. The molecule has 2 aliphatic heterocycles. The van der Waals surface area contributed by atoms with Crippen molar-refractivity contribution in [3.63, 3.8) is 0 Å². The van der Waals surface area contributed by atoms with Gasteiger partial charge in [-0.2, -0.15) is 0 Å². The Morgan fingerprint density at radius 1 is 0.857 bits per heavy atom. The maximum absolute atomic E-state index is 10.9. The van der Waals surface area contributed by atoms with Crippen LogP contribution in [0.5, 0.6) is 28.7 Å². The van der Waals surface area contributed by atoms with Gasteiger partial charge in [-0.3, -0.25) is 0 Å². The standard InChI is InChI=1S/C27H30O15/c1-37-16-3-2-10(4-14(16)31)24-18(7-12-13(30)5-11(29)6-17(12)39-24)40-27-25(22(35)21(34)19(8-28)41-27)42-26-23(36)20(33)15(32)9-38-26/h2-7,15,19-23,25-28,32-36H,8-9H2,1H3,(H2-,29,30,31)/p+1/t15-,19-,20+,21-,22+,23-,25-,26+,27-/m1/s1. The largest absolute Gasteiger partial charge is 0.507 e. The van der Waals surface area contributed by atoms with E-state index < -0.39 is 68.5 Å². The molecule has 0 unspecified atom stereocenters. The Balaban J connectivity index is 1.57. The molecule has 0 saturated carbocycles. The zero-order valence-corrected chi connectivity index (χ0v) is 22.0. The van der Waals surface area contributed by atoms with Crippen LogP contribution in [0, 0.1) is 0 Å². The molecular formula is C27H31O15+. The predicted molar refractivity (Wildman–Crippen MR) is 139 cm³/mol. The topological polar surface area (TPSA) is 240 Å². The van der Waals surface area contributed by atoms with Gasteiger partial charge in [0, 0.05) is 18.2 Å². The highest BCUT2D eigenvalue weighted by molar-refractivity contribution is 5.88. The van der Waals surface area contributed by atoms with Gasteiger partial charge >= 0.3 is 11.3 Å². The predicted octanol–water partition coefficient (Wildman–Crippen LogP) is -0.852. The van der Waals surface area contributed by atoms with E-state index in [1.807, 2.05) is 0 Å². The van der Waals surface area contributed by atoms with Crippen molar-refractivity contribution < 1.29 is 74.1 Å². The number of hydrogen-bond donors (Lipinski definition) is 9. The second-order valence-electron chi connectivity index (χ2n) is 9.88. The fraction of sp³-hybridized carbons (Fsp3) is 0.444. The lowest BCUT2D eigenvalue weighted by Gasteiger charge is -2.44. The molecule has 15 heteroatoms. The Bertz CT molecular complexity index is 1420. The Morgan fingerprint density at radius 2 is 1.62 bits per heavy atom. The van der Waals surface area contributed by atoms with Gasteiger partial charge in [-0.05, 0) is 12.1 Å². The third-order valence-electron chi connectivity index (χ3n) is 7.07. The number of phenols is 3. The van der Waals surface area contributed by atoms with E-state index in [-0.39, 0.29) is 51.0 Å². The Kier molecular flexibility index (Phi) is 8.56. The first-order valence-electron chi connectivity index (χ1n) is 12.8. The molecule has 0 radical (unpaired) electrons. The van der Waals surface area contributed by atoms with Gasteiger partial charge in [0.2, 0.25) is 12.0 Å². The van der Waals surface area contributed by atoms with Crippen molar-refractivity contribution in [1.82, 2.24) is 0 Å². The summed E-state index contributed by atoms with van der Waals surface area (Å²) in [7, 11) is 1.36. The van der Waals surface area contributed by atoms with E-state index in [9.17, 15) is 46.0 Å². The number of rotatable bonds is 7. The van der Waals surface area contributed by atoms with Gasteiger partial charge in [0.05, 0.1) is 32.0 Å². The normalized spacial score (nSPS) is 31.6. The van der Waals surface area contributed by atoms with Crippen molar-refractivity contribution in [2.45, 2.75) is 55.3 Å². The van der Waals surface area contributed by atoms with E-state index in [1.54, 1.807) is 0 Å². The smallest absolute Gasteiger partial charge is 0.402 e. The minimum atomic E-state index is -1.78. The molecule has 1 aromatic heterocycles. The molecule has 15 nitrogen and oxygen atoms in total. The van der Waals surface area contributed by atoms with Crippen molar-refractivity contribution >= 4 is 11.0 Å². The lowest BCUT2D eigenvalue weighted by Crippen LogP contribution is -2.63. The van der Waals surface area contributed by atoms with E-state index in [1.165, 1.54) is 37.4 Å². The summed E-state index contributed by atoms with van der Waals surface area (Å²) in [6.07, 6.45) is -14.5. The molecule has 42 heavy (non-hydrogen) atoms. The first-order chi connectivity index (χ1) is 20.0. The van der Waals surface area contributed by atoms with Crippen LogP contribution in [0.25, 0.3) is 22.3 Å². The highest BCUT2D eigenvalue weighted by atomic mass is 16.8. The van der Waals surface area contributed by atoms with Gasteiger partial charge in [0.15, 0.2) is 23.9 Å². The molecule has 2 aliphatic rings. The van der Waals surface area contributed by atoms with Crippen LogP contribution in [-0.4, -0.2) is 122 Å². The van der Waals surface area contributed by atoms with E-state index >= 15 is 0 Å². The molecule has 3 heterocycles. The summed E-state index contributed by atoms with van der Waals surface area (Å²) in [6.45, 7) is -1.15. The maximum Gasteiger partial charge on any atom is 0.402 e. The highest BCUT2D eigenvalue weighted by Gasteiger charge is 2.50. The van der Waals surface area contributed by atoms with Crippen LogP contribution in [0.2, 0.25) is 0 Å². The number of aromatic hydroxyl groups is 3. The molecule has 5 rings (SSSR count). The molecule has 228 valence electrons. The van der Waals surface area contributed by atoms with Crippen LogP contribution in [0.1, 0.15) is 0 Å². The van der Waals surface area contributed by atoms with Crippen LogP contribution >= 0.6 is 0 Å². The minimum Gasteiger partial charge on any atom is -0.507 e. The van der Waals surface area contributed by atoms with E-state index in [2.05, 4.69) is 0 Å². The molecular weight excluding hydrogens is 564 g/mol. The number of aliphatic hydroxyl groups is 6. The molecule has 0 spiro atoms. The molecule has 0 amide bonds. The zero-order valence-electron chi connectivity index (χ0n) is 22.0. The molecule has 2 aromatic carbocycles. The summed E-state index contributed by atoms with van der Waals surface area (Å²) >= 11 is 0. The number of phenolic OH excluding ortho intramolecular Hbond substituents is 3. The molecule has 0 bridgehead atoms. The van der Waals surface area contributed by atoms with Gasteiger partial charge < -0.3 is 69.6 Å². The maximum atomic E-state index is 10.9. The number of methoxy groups -OCH3 is 1. The van der Waals surface area contributed by atoms with Gasteiger partial charge in [-0.1, -0.05) is 0 Å². The van der Waals surface area contributed by atoms with Crippen LogP contribution in [0.3, 0.4) is 0 Å². The van der Waals surface area contributed by atoms with Crippen molar-refractivity contribution in [2.75, 3.05) is 20.3 Å². The lowest BCUT2D eigenvalue weighted by atomic mass is 9.98. The Morgan fingerprint density at radius 3 is 2.31 bits per heavy atom. The highest BCUT2D eigenvalue weighted by Crippen LogP contribution is 2.42. The van der Waals surface area contributed by atoms with Crippen molar-refractivity contribution in [1.29, 1.82) is 0 Å². The van der Waals surface area contributed by atoms with Gasteiger partial charge in [-0.25, -0.2) is 4.42 Å². The molecule has 2 saturated heterocycles. The average molecular weight is 596 g/mol. The monoisotopic (exact) mass is 595 g/mol. The zero-order chi connectivity index (χ0) is 30.3. The summed E-state index contributed by atoms with van der Waals surface area (Å²) in [6, 6.07) is 7.87. The summed E-state index contributed by atoms with van der Waals surface area (Å²) < 4.78 is 33.8. The number of benzene rings is 2. The third-order valence-corrected chi connectivity index (χ3v) is 7.07. The summed E-state index contributed by atoms with van der Waals surface area (Å²) in [4.78, 5) is 0. The van der Waals surface area contributed by atoms with Gasteiger partial charge in [0.25, 0.3) is 0 Å². The third kappa shape index (κ3) is 5.61. The number of aliphatic hydroxyl groups excluding tert-OH is 6. The lowest BCUT2D eigenvalue weighted by molar-refractivity contribution is -0.344. The number of hydrogen-bond acceptors (Lipinski definition) is 14. The molecule has 9 N–H and O–H groups in total. The number of ether oxygens (including phenoxy) is 5. The summed E-state index contributed by atoms with van der Waals surface area (Å²) in [5.41, 5.74) is 0.265. The van der Waals surface area contributed by atoms with Crippen LogP contribution in [-0.2, 0) is 14.2 Å². The minimum absolute atomic E-state index is 0.0254. The first-order valence-corrected chi connectivity index (χ1v) is 12.8. The second kappa shape index (κ2) is 12.0. The summed E-state index contributed by atoms with van der Waals surface area (Å²) in [5.74, 6) is -0.980. The Labute approximate surface area is 237 Å². The SMILES string of the molecule is COc1ccc(-c2[o+]c3cc(O)cc(O)c3cc2O[C@@H]2O[C@H](CO)[C@@H](O)[C@H](O)[C@H]2O[C@@H]2OC[C@@H](O)[C@H](O)[C@H]2O)cc1O. The van der Waals surface area contributed by atoms with Gasteiger partial charge in [-0.15, -0.1) is 0 Å². The van der Waals surface area contributed by atoms with Crippen molar-refractivity contribution in [3.05, 3.63) is 36.4 Å².